The zero-order chi connectivity index (χ0) is 7.40. The smallest absolute Gasteiger partial charge is 0.0274 e. The van der Waals surface area contributed by atoms with Gasteiger partial charge in [0, 0.05) is 9.65 Å². The average molecular weight is 268 g/mol. The van der Waals surface area contributed by atoms with Crippen LogP contribution in [0.2, 0.25) is 0 Å². The first-order valence-electron chi connectivity index (χ1n) is 3.74. The molecule has 0 radical (unpaired) electrons. The Hall–Kier alpha value is 0.700. The summed E-state index contributed by atoms with van der Waals surface area (Å²) in [4.78, 5) is 1.33. The van der Waals surface area contributed by atoms with Crippen LogP contribution in [-0.2, 0) is 0 Å². The Morgan fingerprint density at radius 3 is 1.70 bits per heavy atom. The lowest BCUT2D eigenvalue weighted by Crippen LogP contribution is -2.14. The molecule has 2 atom stereocenters. The average Bonchev–Trinajstić information content (AvgIpc) is 1.92. The second-order valence-electron chi connectivity index (χ2n) is 2.66. The predicted octanol–water partition coefficient (Wildman–Crippen LogP) is 3.64. The van der Waals surface area contributed by atoms with Gasteiger partial charge in [-0.2, -0.15) is 0 Å². The van der Waals surface area contributed by atoms with E-state index in [2.05, 4.69) is 44.0 Å². The summed E-state index contributed by atoms with van der Waals surface area (Å²) < 4.78 is 0. The molecule has 0 aromatic carbocycles. The predicted molar refractivity (Wildman–Crippen MR) is 53.0 cm³/mol. The van der Waals surface area contributed by atoms with E-state index < -0.39 is 0 Å². The van der Waals surface area contributed by atoms with Crippen molar-refractivity contribution in [3.63, 3.8) is 0 Å². The van der Waals surface area contributed by atoms with Gasteiger partial charge in [-0.15, -0.1) is 0 Å². The maximum Gasteiger partial charge on any atom is 0.0274 e. The molecule has 2 heteroatoms. The minimum atomic E-state index is 0.664. The van der Waals surface area contributed by atoms with E-state index in [-0.39, 0.29) is 0 Å². The highest BCUT2D eigenvalue weighted by Crippen LogP contribution is 2.25. The number of rotatable bonds is 0. The van der Waals surface area contributed by atoms with Gasteiger partial charge in [0.2, 0.25) is 0 Å². The summed E-state index contributed by atoms with van der Waals surface area (Å²) in [5, 5.41) is 0. The van der Waals surface area contributed by atoms with Gasteiger partial charge in [0.05, 0.1) is 0 Å². The number of hydrogen-bond acceptors (Lipinski definition) is 0. The standard InChI is InChI=1S/C8H12Br2/c9-7-5-3-1-2-4-6-8(7)10/h1-2,7-8H,3-6H2/b2-1-/t7-,8-/m1/s1. The SMILES string of the molecule is Br[C@@H]1CC/C=C\CC[C@H]1Br. The van der Waals surface area contributed by atoms with Gasteiger partial charge in [0.25, 0.3) is 0 Å². The van der Waals surface area contributed by atoms with Gasteiger partial charge in [0.1, 0.15) is 0 Å². The summed E-state index contributed by atoms with van der Waals surface area (Å²) in [5.74, 6) is 0. The largest absolute Gasteiger partial charge is 0.0885 e. The fourth-order valence-corrected chi connectivity index (χ4v) is 2.17. The molecule has 0 N–H and O–H groups in total. The molecular weight excluding hydrogens is 256 g/mol. The number of halogens is 2. The molecule has 0 fully saturated rings. The Morgan fingerprint density at radius 2 is 1.30 bits per heavy atom. The lowest BCUT2D eigenvalue weighted by atomic mass is 10.1. The molecule has 0 heterocycles. The van der Waals surface area contributed by atoms with Crippen LogP contribution < -0.4 is 0 Å². The van der Waals surface area contributed by atoms with Gasteiger partial charge in [-0.25, -0.2) is 0 Å². The molecule has 0 aliphatic heterocycles. The fraction of sp³-hybridized carbons (Fsp3) is 0.750. The van der Waals surface area contributed by atoms with Crippen LogP contribution in [0, 0.1) is 0 Å². The van der Waals surface area contributed by atoms with Crippen LogP contribution in [0.5, 0.6) is 0 Å². The van der Waals surface area contributed by atoms with Gasteiger partial charge in [-0.1, -0.05) is 44.0 Å². The molecular formula is C8H12Br2. The Bertz CT molecular complexity index is 106. The van der Waals surface area contributed by atoms with E-state index in [9.17, 15) is 0 Å². The van der Waals surface area contributed by atoms with E-state index >= 15 is 0 Å². The van der Waals surface area contributed by atoms with E-state index in [1.54, 1.807) is 0 Å². The first kappa shape index (κ1) is 8.79. The Balaban J connectivity index is 2.40. The molecule has 0 nitrogen and oxygen atoms in total. The summed E-state index contributed by atoms with van der Waals surface area (Å²) in [6.07, 6.45) is 9.52. The fourth-order valence-electron chi connectivity index (χ4n) is 1.11. The van der Waals surface area contributed by atoms with Crippen LogP contribution in [0.4, 0.5) is 0 Å². The van der Waals surface area contributed by atoms with E-state index in [1.165, 1.54) is 25.7 Å². The number of alkyl halides is 2. The minimum Gasteiger partial charge on any atom is -0.0885 e. The Labute approximate surface area is 79.3 Å². The third-order valence-corrected chi connectivity index (χ3v) is 4.68. The highest BCUT2D eigenvalue weighted by atomic mass is 79.9. The lowest BCUT2D eigenvalue weighted by molar-refractivity contribution is 0.684. The topological polar surface area (TPSA) is 0 Å². The van der Waals surface area contributed by atoms with Crippen molar-refractivity contribution in [1.29, 1.82) is 0 Å². The number of allylic oxidation sites excluding steroid dienone is 2. The molecule has 0 saturated carbocycles. The van der Waals surface area contributed by atoms with Gasteiger partial charge < -0.3 is 0 Å². The van der Waals surface area contributed by atoms with E-state index in [1.807, 2.05) is 0 Å². The molecule has 1 aliphatic carbocycles. The number of hydrogen-bond donors (Lipinski definition) is 0. The summed E-state index contributed by atoms with van der Waals surface area (Å²) in [5.41, 5.74) is 0. The van der Waals surface area contributed by atoms with Crippen molar-refractivity contribution in [3.05, 3.63) is 12.2 Å². The Morgan fingerprint density at radius 1 is 0.900 bits per heavy atom. The van der Waals surface area contributed by atoms with Gasteiger partial charge in [-0.3, -0.25) is 0 Å². The highest BCUT2D eigenvalue weighted by Gasteiger charge is 2.14. The van der Waals surface area contributed by atoms with Crippen molar-refractivity contribution in [2.24, 2.45) is 0 Å². The van der Waals surface area contributed by atoms with Crippen molar-refractivity contribution in [3.8, 4) is 0 Å². The second-order valence-corrected chi connectivity index (χ2v) is 5.01. The molecule has 1 aliphatic rings. The van der Waals surface area contributed by atoms with Crippen LogP contribution in [0.1, 0.15) is 25.7 Å². The summed E-state index contributed by atoms with van der Waals surface area (Å²) in [6.45, 7) is 0. The van der Waals surface area contributed by atoms with Crippen molar-refractivity contribution < 1.29 is 0 Å². The van der Waals surface area contributed by atoms with Crippen LogP contribution in [-0.4, -0.2) is 9.65 Å². The molecule has 0 amide bonds. The van der Waals surface area contributed by atoms with Crippen LogP contribution in [0.25, 0.3) is 0 Å². The van der Waals surface area contributed by atoms with Gasteiger partial charge >= 0.3 is 0 Å². The molecule has 0 saturated heterocycles. The molecule has 58 valence electrons. The third-order valence-electron chi connectivity index (χ3n) is 1.78. The molecule has 0 spiro atoms. The maximum atomic E-state index is 3.66. The normalized spacial score (nSPS) is 38.2. The summed E-state index contributed by atoms with van der Waals surface area (Å²) >= 11 is 7.32. The van der Waals surface area contributed by atoms with E-state index in [0.717, 1.165) is 0 Å². The molecule has 0 bridgehead atoms. The quantitative estimate of drug-likeness (QED) is 0.464. The zero-order valence-electron chi connectivity index (χ0n) is 5.89. The van der Waals surface area contributed by atoms with Crippen LogP contribution >= 0.6 is 31.9 Å². The third kappa shape index (κ3) is 2.75. The molecule has 0 unspecified atom stereocenters. The molecule has 1 rings (SSSR count). The first-order valence-corrected chi connectivity index (χ1v) is 5.57. The van der Waals surface area contributed by atoms with Crippen molar-refractivity contribution in [2.75, 3.05) is 0 Å². The van der Waals surface area contributed by atoms with Crippen molar-refractivity contribution in [1.82, 2.24) is 0 Å². The lowest BCUT2D eigenvalue weighted by Gasteiger charge is -2.16. The zero-order valence-corrected chi connectivity index (χ0v) is 9.07. The van der Waals surface area contributed by atoms with Crippen LogP contribution in [0.15, 0.2) is 12.2 Å². The maximum absolute atomic E-state index is 3.66. The van der Waals surface area contributed by atoms with Gasteiger partial charge in [0.15, 0.2) is 0 Å². The molecule has 0 aromatic heterocycles. The summed E-state index contributed by atoms with van der Waals surface area (Å²) in [7, 11) is 0. The Kier molecular flexibility index (Phi) is 4.00. The van der Waals surface area contributed by atoms with Gasteiger partial charge in [-0.05, 0) is 25.7 Å². The molecule has 0 aromatic rings. The summed E-state index contributed by atoms with van der Waals surface area (Å²) in [6, 6.07) is 0. The minimum absolute atomic E-state index is 0.664. The first-order chi connectivity index (χ1) is 4.80. The highest BCUT2D eigenvalue weighted by molar-refractivity contribution is 9.12. The monoisotopic (exact) mass is 266 g/mol. The van der Waals surface area contributed by atoms with Crippen molar-refractivity contribution in [2.45, 2.75) is 35.3 Å². The molecule has 10 heavy (non-hydrogen) atoms. The van der Waals surface area contributed by atoms with Crippen LogP contribution in [0.3, 0.4) is 0 Å². The van der Waals surface area contributed by atoms with Crippen molar-refractivity contribution >= 4 is 31.9 Å². The van der Waals surface area contributed by atoms with E-state index in [0.29, 0.717) is 9.65 Å². The second kappa shape index (κ2) is 4.55. The van der Waals surface area contributed by atoms with E-state index in [4.69, 9.17) is 0 Å².